The van der Waals surface area contributed by atoms with Gasteiger partial charge in [-0.2, -0.15) is 0 Å². The van der Waals surface area contributed by atoms with Gasteiger partial charge in [-0.25, -0.2) is 0 Å². The van der Waals surface area contributed by atoms with Crippen LogP contribution >= 0.6 is 0 Å². The number of benzene rings is 2. The quantitative estimate of drug-likeness (QED) is 0.840. The molecule has 0 spiro atoms. The largest absolute Gasteiger partial charge is 0.377 e. The van der Waals surface area contributed by atoms with Crippen molar-refractivity contribution in [2.75, 3.05) is 32.1 Å². The maximum atomic E-state index is 2.55. The fourth-order valence-corrected chi connectivity index (χ4v) is 3.71. The SMILES string of the molecule is CCN1CCc2c(-c3ccccc3)cc(C)c(N(C)C)c2C1. The van der Waals surface area contributed by atoms with E-state index in [0.29, 0.717) is 0 Å². The summed E-state index contributed by atoms with van der Waals surface area (Å²) in [5.74, 6) is 0. The number of hydrogen-bond donors (Lipinski definition) is 0. The van der Waals surface area contributed by atoms with Crippen LogP contribution in [0.4, 0.5) is 5.69 Å². The average Bonchev–Trinajstić information content (AvgIpc) is 2.53. The highest BCUT2D eigenvalue weighted by molar-refractivity contribution is 5.76. The summed E-state index contributed by atoms with van der Waals surface area (Å²) in [5.41, 5.74) is 8.63. The van der Waals surface area contributed by atoms with Crippen LogP contribution in [0.2, 0.25) is 0 Å². The Balaban J connectivity index is 2.20. The van der Waals surface area contributed by atoms with Crippen molar-refractivity contribution in [2.24, 2.45) is 0 Å². The van der Waals surface area contributed by atoms with Crippen LogP contribution in [0.15, 0.2) is 36.4 Å². The first kappa shape index (κ1) is 15.1. The van der Waals surface area contributed by atoms with Crippen LogP contribution in [-0.2, 0) is 13.0 Å². The van der Waals surface area contributed by atoms with Crippen molar-refractivity contribution in [2.45, 2.75) is 26.8 Å². The lowest BCUT2D eigenvalue weighted by molar-refractivity contribution is 0.268. The molecule has 0 fully saturated rings. The smallest absolute Gasteiger partial charge is 0.0439 e. The molecular weight excluding hydrogens is 268 g/mol. The highest BCUT2D eigenvalue weighted by atomic mass is 15.1. The molecule has 0 N–H and O–H groups in total. The van der Waals surface area contributed by atoms with Crippen LogP contribution in [0.25, 0.3) is 11.1 Å². The Bertz CT molecular complexity index is 659. The Labute approximate surface area is 134 Å². The van der Waals surface area contributed by atoms with E-state index in [2.05, 4.69) is 74.1 Å². The van der Waals surface area contributed by atoms with E-state index in [1.54, 1.807) is 5.56 Å². The van der Waals surface area contributed by atoms with E-state index in [0.717, 1.165) is 19.5 Å². The van der Waals surface area contributed by atoms with Gasteiger partial charge < -0.3 is 4.90 Å². The summed E-state index contributed by atoms with van der Waals surface area (Å²) < 4.78 is 0. The molecular formula is C20H26N2. The molecule has 0 saturated heterocycles. The predicted octanol–water partition coefficient (Wildman–Crippen LogP) is 4.11. The molecule has 0 saturated carbocycles. The van der Waals surface area contributed by atoms with Gasteiger partial charge in [0.2, 0.25) is 0 Å². The average molecular weight is 294 g/mol. The molecule has 2 aromatic rings. The second-order valence-corrected chi connectivity index (χ2v) is 6.43. The third kappa shape index (κ3) is 2.64. The van der Waals surface area contributed by atoms with Crippen molar-refractivity contribution in [3.8, 4) is 11.1 Å². The number of aryl methyl sites for hydroxylation is 1. The minimum Gasteiger partial charge on any atom is -0.377 e. The molecule has 0 unspecified atom stereocenters. The zero-order valence-corrected chi connectivity index (χ0v) is 14.2. The number of rotatable bonds is 3. The van der Waals surface area contributed by atoms with Gasteiger partial charge in [0.25, 0.3) is 0 Å². The summed E-state index contributed by atoms with van der Waals surface area (Å²) in [5, 5.41) is 0. The Hall–Kier alpha value is -1.80. The van der Waals surface area contributed by atoms with Crippen LogP contribution in [0, 0.1) is 6.92 Å². The fourth-order valence-electron chi connectivity index (χ4n) is 3.71. The summed E-state index contributed by atoms with van der Waals surface area (Å²) in [6, 6.07) is 13.2. The van der Waals surface area contributed by atoms with Crippen LogP contribution in [0.1, 0.15) is 23.6 Å². The first-order valence-electron chi connectivity index (χ1n) is 8.22. The number of hydrogen-bond acceptors (Lipinski definition) is 2. The molecule has 2 nitrogen and oxygen atoms in total. The standard InChI is InChI=1S/C20H26N2/c1-5-22-12-11-17-18(16-9-7-6-8-10-16)13-15(2)20(21(3)4)19(17)14-22/h6-10,13H,5,11-12,14H2,1-4H3. The van der Waals surface area contributed by atoms with Gasteiger partial charge >= 0.3 is 0 Å². The molecule has 0 aromatic heterocycles. The lowest BCUT2D eigenvalue weighted by atomic mass is 9.87. The summed E-state index contributed by atoms with van der Waals surface area (Å²) in [6.45, 7) is 7.86. The Morgan fingerprint density at radius 3 is 2.45 bits per heavy atom. The van der Waals surface area contributed by atoms with E-state index in [1.165, 1.54) is 34.5 Å². The summed E-state index contributed by atoms with van der Waals surface area (Å²) in [4.78, 5) is 4.83. The van der Waals surface area contributed by atoms with Crippen molar-refractivity contribution >= 4 is 5.69 Å². The van der Waals surface area contributed by atoms with Crippen molar-refractivity contribution in [3.05, 3.63) is 53.1 Å². The number of anilines is 1. The molecule has 1 aliphatic heterocycles. The molecule has 0 amide bonds. The normalized spacial score (nSPS) is 14.7. The monoisotopic (exact) mass is 294 g/mol. The molecule has 3 rings (SSSR count). The topological polar surface area (TPSA) is 6.48 Å². The van der Waals surface area contributed by atoms with Gasteiger partial charge in [-0.15, -0.1) is 0 Å². The second kappa shape index (κ2) is 6.13. The molecule has 22 heavy (non-hydrogen) atoms. The molecule has 1 heterocycles. The van der Waals surface area contributed by atoms with Crippen molar-refractivity contribution in [1.29, 1.82) is 0 Å². The Kier molecular flexibility index (Phi) is 4.21. The van der Waals surface area contributed by atoms with E-state index in [1.807, 2.05) is 0 Å². The zero-order valence-electron chi connectivity index (χ0n) is 14.2. The second-order valence-electron chi connectivity index (χ2n) is 6.43. The van der Waals surface area contributed by atoms with E-state index in [-0.39, 0.29) is 0 Å². The molecule has 2 aromatic carbocycles. The maximum Gasteiger partial charge on any atom is 0.0439 e. The predicted molar refractivity (Wildman–Crippen MR) is 95.6 cm³/mol. The third-order valence-electron chi connectivity index (χ3n) is 4.75. The van der Waals surface area contributed by atoms with Gasteiger partial charge in [-0.1, -0.05) is 37.3 Å². The number of likely N-dealkylation sites (N-methyl/N-ethyl adjacent to an activating group) is 1. The van der Waals surface area contributed by atoms with Crippen molar-refractivity contribution in [1.82, 2.24) is 4.90 Å². The minimum absolute atomic E-state index is 1.07. The van der Waals surface area contributed by atoms with Gasteiger partial charge in [-0.05, 0) is 53.8 Å². The van der Waals surface area contributed by atoms with Crippen LogP contribution in [0.5, 0.6) is 0 Å². The molecule has 0 bridgehead atoms. The van der Waals surface area contributed by atoms with E-state index >= 15 is 0 Å². The van der Waals surface area contributed by atoms with Gasteiger partial charge in [0.15, 0.2) is 0 Å². The lowest BCUT2D eigenvalue weighted by Gasteiger charge is -2.33. The van der Waals surface area contributed by atoms with Gasteiger partial charge in [0.05, 0.1) is 0 Å². The van der Waals surface area contributed by atoms with Gasteiger partial charge in [-0.3, -0.25) is 4.90 Å². The molecule has 0 radical (unpaired) electrons. The van der Waals surface area contributed by atoms with E-state index in [4.69, 9.17) is 0 Å². The van der Waals surface area contributed by atoms with Crippen molar-refractivity contribution in [3.63, 3.8) is 0 Å². The molecule has 2 heteroatoms. The summed E-state index contributed by atoms with van der Waals surface area (Å²) >= 11 is 0. The van der Waals surface area contributed by atoms with E-state index in [9.17, 15) is 0 Å². The van der Waals surface area contributed by atoms with Gasteiger partial charge in [0, 0.05) is 32.9 Å². The van der Waals surface area contributed by atoms with Crippen molar-refractivity contribution < 1.29 is 0 Å². The minimum atomic E-state index is 1.07. The number of fused-ring (bicyclic) bond motifs is 1. The number of nitrogens with zero attached hydrogens (tertiary/aromatic N) is 2. The van der Waals surface area contributed by atoms with Crippen LogP contribution in [0.3, 0.4) is 0 Å². The zero-order chi connectivity index (χ0) is 15.7. The summed E-state index contributed by atoms with van der Waals surface area (Å²) in [6.07, 6.45) is 1.15. The third-order valence-corrected chi connectivity index (χ3v) is 4.75. The van der Waals surface area contributed by atoms with E-state index < -0.39 is 0 Å². The first-order chi connectivity index (χ1) is 10.6. The van der Waals surface area contributed by atoms with Crippen LogP contribution < -0.4 is 4.90 Å². The van der Waals surface area contributed by atoms with Crippen LogP contribution in [-0.4, -0.2) is 32.1 Å². The first-order valence-corrected chi connectivity index (χ1v) is 8.22. The van der Waals surface area contributed by atoms with Gasteiger partial charge in [0.1, 0.15) is 0 Å². The Morgan fingerprint density at radius 1 is 1.09 bits per heavy atom. The fraction of sp³-hybridized carbons (Fsp3) is 0.400. The maximum absolute atomic E-state index is 2.55. The molecule has 0 aliphatic carbocycles. The highest BCUT2D eigenvalue weighted by Gasteiger charge is 2.23. The highest BCUT2D eigenvalue weighted by Crippen LogP contribution is 2.38. The molecule has 116 valence electrons. The summed E-state index contributed by atoms with van der Waals surface area (Å²) in [7, 11) is 4.32. The molecule has 1 aliphatic rings. The molecule has 0 atom stereocenters. The Morgan fingerprint density at radius 2 is 1.82 bits per heavy atom. The lowest BCUT2D eigenvalue weighted by Crippen LogP contribution is -2.32.